The highest BCUT2D eigenvalue weighted by molar-refractivity contribution is 6.01. The molecule has 0 unspecified atom stereocenters. The third-order valence-corrected chi connectivity index (χ3v) is 3.48. The molecule has 1 fully saturated rings. The van der Waals surface area contributed by atoms with E-state index in [1.807, 2.05) is 18.2 Å². The van der Waals surface area contributed by atoms with Crippen LogP contribution in [0.3, 0.4) is 0 Å². The minimum atomic E-state index is -1.00. The number of fused-ring (bicyclic) bond motifs is 1. The number of aromatic nitrogens is 1. The molecule has 0 atom stereocenters. The largest absolute Gasteiger partial charge is 0.480 e. The lowest BCUT2D eigenvalue weighted by molar-refractivity contribution is -0.137. The highest BCUT2D eigenvalue weighted by Gasteiger charge is 2.34. The monoisotopic (exact) mass is 285 g/mol. The van der Waals surface area contributed by atoms with Gasteiger partial charge in [-0.25, -0.2) is 4.79 Å². The predicted octanol–water partition coefficient (Wildman–Crippen LogP) is 2.32. The molecule has 0 aliphatic heterocycles. The molecule has 0 spiro atoms. The van der Waals surface area contributed by atoms with Crippen LogP contribution >= 0.6 is 0 Å². The number of urea groups is 1. The average molecular weight is 285 g/mol. The Morgan fingerprint density at radius 3 is 2.86 bits per heavy atom. The van der Waals surface area contributed by atoms with Gasteiger partial charge >= 0.3 is 12.0 Å². The molecule has 1 aromatic heterocycles. The second kappa shape index (κ2) is 5.40. The van der Waals surface area contributed by atoms with Crippen molar-refractivity contribution in [2.45, 2.75) is 18.9 Å². The minimum Gasteiger partial charge on any atom is -0.480 e. The van der Waals surface area contributed by atoms with Gasteiger partial charge in [-0.2, -0.15) is 0 Å². The van der Waals surface area contributed by atoms with E-state index in [9.17, 15) is 9.59 Å². The summed E-state index contributed by atoms with van der Waals surface area (Å²) in [4.78, 5) is 28.6. The third-order valence-electron chi connectivity index (χ3n) is 3.48. The second-order valence-electron chi connectivity index (χ2n) is 5.09. The molecule has 1 aliphatic carbocycles. The third kappa shape index (κ3) is 2.94. The number of hydrogen-bond acceptors (Lipinski definition) is 3. The Morgan fingerprint density at radius 2 is 2.14 bits per heavy atom. The van der Waals surface area contributed by atoms with Crippen LogP contribution in [0.5, 0.6) is 0 Å². The first kappa shape index (κ1) is 13.4. The van der Waals surface area contributed by atoms with Gasteiger partial charge in [-0.1, -0.05) is 12.1 Å². The van der Waals surface area contributed by atoms with Crippen LogP contribution in [0, 0.1) is 0 Å². The summed E-state index contributed by atoms with van der Waals surface area (Å²) in [6.45, 7) is -0.275. The zero-order valence-electron chi connectivity index (χ0n) is 11.3. The SMILES string of the molecule is O=C(O)CN(C(=O)Nc1cccc2cnccc12)C1CC1. The van der Waals surface area contributed by atoms with Gasteiger partial charge in [-0.3, -0.25) is 9.78 Å². The number of nitrogens with one attached hydrogen (secondary N) is 1. The average Bonchev–Trinajstić information content (AvgIpc) is 3.29. The van der Waals surface area contributed by atoms with Crippen molar-refractivity contribution in [3.8, 4) is 0 Å². The maximum absolute atomic E-state index is 12.3. The predicted molar refractivity (Wildman–Crippen MR) is 78.1 cm³/mol. The molecule has 3 rings (SSSR count). The molecule has 21 heavy (non-hydrogen) atoms. The van der Waals surface area contributed by atoms with Crippen LogP contribution in [0.2, 0.25) is 0 Å². The summed E-state index contributed by atoms with van der Waals surface area (Å²) in [6, 6.07) is 7.03. The number of nitrogens with zero attached hydrogens (tertiary/aromatic N) is 2. The molecule has 6 nitrogen and oxygen atoms in total. The van der Waals surface area contributed by atoms with E-state index >= 15 is 0 Å². The van der Waals surface area contributed by atoms with Crippen LogP contribution in [0.1, 0.15) is 12.8 Å². The number of anilines is 1. The quantitative estimate of drug-likeness (QED) is 0.903. The Morgan fingerprint density at radius 1 is 1.33 bits per heavy atom. The topological polar surface area (TPSA) is 82.5 Å². The fourth-order valence-electron chi connectivity index (χ4n) is 2.32. The molecule has 2 aromatic rings. The van der Waals surface area contributed by atoms with Crippen molar-refractivity contribution < 1.29 is 14.7 Å². The summed E-state index contributed by atoms with van der Waals surface area (Å²) in [7, 11) is 0. The highest BCUT2D eigenvalue weighted by atomic mass is 16.4. The van der Waals surface area contributed by atoms with Gasteiger partial charge in [0, 0.05) is 29.2 Å². The summed E-state index contributed by atoms with van der Waals surface area (Å²) in [5.74, 6) is -1.00. The summed E-state index contributed by atoms with van der Waals surface area (Å²) in [6.07, 6.45) is 5.11. The summed E-state index contributed by atoms with van der Waals surface area (Å²) in [5.41, 5.74) is 0.663. The number of carbonyl (C=O) groups excluding carboxylic acids is 1. The molecule has 0 saturated heterocycles. The van der Waals surface area contributed by atoms with Crippen LogP contribution in [-0.2, 0) is 4.79 Å². The molecule has 1 heterocycles. The van der Waals surface area contributed by atoms with E-state index in [2.05, 4.69) is 10.3 Å². The van der Waals surface area contributed by atoms with Gasteiger partial charge in [0.05, 0.1) is 5.69 Å². The molecule has 6 heteroatoms. The van der Waals surface area contributed by atoms with Gasteiger partial charge in [0.2, 0.25) is 0 Å². The number of pyridine rings is 1. The number of amides is 2. The first-order valence-electron chi connectivity index (χ1n) is 6.77. The Kier molecular flexibility index (Phi) is 3.43. The first-order chi connectivity index (χ1) is 10.1. The van der Waals surface area contributed by atoms with Gasteiger partial charge in [-0.15, -0.1) is 0 Å². The van der Waals surface area contributed by atoms with E-state index in [0.29, 0.717) is 5.69 Å². The molecule has 2 N–H and O–H groups in total. The summed E-state index contributed by atoms with van der Waals surface area (Å²) < 4.78 is 0. The number of hydrogen-bond donors (Lipinski definition) is 2. The fourth-order valence-corrected chi connectivity index (χ4v) is 2.32. The highest BCUT2D eigenvalue weighted by Crippen LogP contribution is 2.28. The number of benzene rings is 1. The molecule has 0 bridgehead atoms. The Bertz CT molecular complexity index is 692. The van der Waals surface area contributed by atoms with Crippen LogP contribution in [0.15, 0.2) is 36.7 Å². The van der Waals surface area contributed by atoms with Crippen LogP contribution < -0.4 is 5.32 Å². The second-order valence-corrected chi connectivity index (χ2v) is 5.09. The van der Waals surface area contributed by atoms with E-state index in [0.717, 1.165) is 23.6 Å². The lowest BCUT2D eigenvalue weighted by Gasteiger charge is -2.21. The van der Waals surface area contributed by atoms with E-state index in [4.69, 9.17) is 5.11 Å². The van der Waals surface area contributed by atoms with Gasteiger partial charge in [0.15, 0.2) is 0 Å². The Balaban J connectivity index is 1.83. The molecular weight excluding hydrogens is 270 g/mol. The zero-order chi connectivity index (χ0) is 14.8. The van der Waals surface area contributed by atoms with Crippen molar-refractivity contribution in [1.29, 1.82) is 0 Å². The number of carbonyl (C=O) groups is 2. The van der Waals surface area contributed by atoms with Gasteiger partial charge in [0.1, 0.15) is 6.54 Å². The van der Waals surface area contributed by atoms with E-state index in [-0.39, 0.29) is 18.6 Å². The minimum absolute atomic E-state index is 0.0396. The molecule has 1 aromatic carbocycles. The van der Waals surface area contributed by atoms with Gasteiger partial charge < -0.3 is 15.3 Å². The smallest absolute Gasteiger partial charge is 0.323 e. The lowest BCUT2D eigenvalue weighted by atomic mass is 10.1. The van der Waals surface area contributed by atoms with Crippen molar-refractivity contribution in [2.24, 2.45) is 0 Å². The number of rotatable bonds is 4. The van der Waals surface area contributed by atoms with Gasteiger partial charge in [-0.05, 0) is 25.0 Å². The molecule has 2 amide bonds. The van der Waals surface area contributed by atoms with Crippen molar-refractivity contribution in [2.75, 3.05) is 11.9 Å². The maximum Gasteiger partial charge on any atom is 0.323 e. The molecule has 1 saturated carbocycles. The molecule has 1 aliphatic rings. The fraction of sp³-hybridized carbons (Fsp3) is 0.267. The summed E-state index contributed by atoms with van der Waals surface area (Å²) >= 11 is 0. The van der Waals surface area contributed by atoms with Crippen molar-refractivity contribution >= 4 is 28.5 Å². The first-order valence-corrected chi connectivity index (χ1v) is 6.77. The zero-order valence-corrected chi connectivity index (χ0v) is 11.3. The van der Waals surface area contributed by atoms with Crippen molar-refractivity contribution in [3.05, 3.63) is 36.7 Å². The van der Waals surface area contributed by atoms with Crippen LogP contribution in [0.25, 0.3) is 10.8 Å². The summed E-state index contributed by atoms with van der Waals surface area (Å²) in [5, 5.41) is 13.5. The molecule has 108 valence electrons. The Labute approximate surface area is 121 Å². The van der Waals surface area contributed by atoms with E-state index in [1.54, 1.807) is 18.5 Å². The number of carboxylic acids is 1. The number of aliphatic carboxylic acids is 1. The standard InChI is InChI=1S/C15H15N3O3/c19-14(20)9-18(11-4-5-11)15(21)17-13-3-1-2-10-8-16-7-6-12(10)13/h1-3,6-8,11H,4-5,9H2,(H,17,21)(H,19,20). The van der Waals surface area contributed by atoms with Crippen molar-refractivity contribution in [1.82, 2.24) is 9.88 Å². The van der Waals surface area contributed by atoms with E-state index < -0.39 is 5.97 Å². The lowest BCUT2D eigenvalue weighted by Crippen LogP contribution is -2.40. The van der Waals surface area contributed by atoms with Crippen LogP contribution in [0.4, 0.5) is 10.5 Å². The van der Waals surface area contributed by atoms with Gasteiger partial charge in [0.25, 0.3) is 0 Å². The normalized spacial score (nSPS) is 13.9. The van der Waals surface area contributed by atoms with Crippen LogP contribution in [-0.4, -0.2) is 39.6 Å². The number of carboxylic acid groups (broad SMARTS) is 1. The molecular formula is C15H15N3O3. The maximum atomic E-state index is 12.3. The Hall–Kier alpha value is -2.63. The van der Waals surface area contributed by atoms with Crippen molar-refractivity contribution in [3.63, 3.8) is 0 Å². The molecule has 0 radical (unpaired) electrons. The van der Waals surface area contributed by atoms with E-state index in [1.165, 1.54) is 4.90 Å².